The van der Waals surface area contributed by atoms with Crippen molar-refractivity contribution in [1.29, 1.82) is 0 Å². The fourth-order valence-electron chi connectivity index (χ4n) is 3.92. The maximum Gasteiger partial charge on any atom is 0.253 e. The molecule has 28 heavy (non-hydrogen) atoms. The summed E-state index contributed by atoms with van der Waals surface area (Å²) in [6, 6.07) is 20.3. The number of rotatable bonds is 3. The molecule has 4 aromatic rings. The van der Waals surface area contributed by atoms with Crippen LogP contribution >= 0.6 is 11.3 Å². The second-order valence-corrected chi connectivity index (χ2v) is 8.21. The van der Waals surface area contributed by atoms with E-state index in [1.54, 1.807) is 11.3 Å². The number of hydrogen-bond donors (Lipinski definition) is 1. The summed E-state index contributed by atoms with van der Waals surface area (Å²) in [4.78, 5) is 24.3. The summed E-state index contributed by atoms with van der Waals surface area (Å²) in [5, 5.41) is 2.07. The Morgan fingerprint density at radius 3 is 2.50 bits per heavy atom. The normalized spacial score (nSPS) is 15.2. The number of fused-ring (bicyclic) bond motifs is 1. The molecule has 2 aromatic carbocycles. The number of imidazole rings is 1. The lowest BCUT2D eigenvalue weighted by Crippen LogP contribution is -2.38. The zero-order valence-corrected chi connectivity index (χ0v) is 16.3. The molecule has 2 aromatic heterocycles. The minimum atomic E-state index is 0.126. The van der Waals surface area contributed by atoms with Gasteiger partial charge in [0, 0.05) is 29.4 Å². The van der Waals surface area contributed by atoms with Crippen molar-refractivity contribution < 1.29 is 4.79 Å². The van der Waals surface area contributed by atoms with Crippen LogP contribution in [0.5, 0.6) is 0 Å². The number of aromatic nitrogens is 2. The van der Waals surface area contributed by atoms with Gasteiger partial charge in [0.15, 0.2) is 0 Å². The number of nitrogens with zero attached hydrogens (tertiary/aromatic N) is 2. The van der Waals surface area contributed by atoms with E-state index in [1.165, 1.54) is 4.88 Å². The van der Waals surface area contributed by atoms with Gasteiger partial charge in [0.2, 0.25) is 0 Å². The second kappa shape index (κ2) is 7.24. The van der Waals surface area contributed by atoms with Crippen molar-refractivity contribution in [2.75, 3.05) is 13.1 Å². The second-order valence-electron chi connectivity index (χ2n) is 7.26. The molecule has 0 atom stereocenters. The van der Waals surface area contributed by atoms with Gasteiger partial charge in [-0.2, -0.15) is 0 Å². The Kier molecular flexibility index (Phi) is 4.45. The van der Waals surface area contributed by atoms with E-state index in [0.717, 1.165) is 53.9 Å². The van der Waals surface area contributed by atoms with Gasteiger partial charge >= 0.3 is 0 Å². The number of carbonyl (C=O) groups excluding carboxylic acids is 1. The highest BCUT2D eigenvalue weighted by molar-refractivity contribution is 7.13. The summed E-state index contributed by atoms with van der Waals surface area (Å²) in [6.45, 7) is 1.54. The Hall–Kier alpha value is -2.92. The summed E-state index contributed by atoms with van der Waals surface area (Å²) >= 11 is 1.71. The molecule has 0 radical (unpaired) electrons. The van der Waals surface area contributed by atoms with E-state index in [2.05, 4.69) is 22.5 Å². The molecule has 0 spiro atoms. The van der Waals surface area contributed by atoms with Crippen molar-refractivity contribution in [3.8, 4) is 10.4 Å². The minimum absolute atomic E-state index is 0.126. The standard InChI is InChI=1S/C23H21N3OS/c27-23(18-9-7-16(8-10-18)21-6-3-15-28-21)26-13-11-17(12-14-26)22-24-19-4-1-2-5-20(19)25-22/h1-10,15,17H,11-14H2,(H,24,25). The molecule has 0 unspecified atom stereocenters. The van der Waals surface area contributed by atoms with Gasteiger partial charge in [-0.25, -0.2) is 4.98 Å². The summed E-state index contributed by atoms with van der Waals surface area (Å²) in [5.41, 5.74) is 4.03. The SMILES string of the molecule is O=C(c1ccc(-c2cccs2)cc1)N1CCC(c2nc3ccccc3[nH]2)CC1. The summed E-state index contributed by atoms with van der Waals surface area (Å²) in [5.74, 6) is 1.56. The first kappa shape index (κ1) is 17.2. The first-order chi connectivity index (χ1) is 13.8. The molecule has 5 heteroatoms. The Morgan fingerprint density at radius 2 is 1.79 bits per heavy atom. The number of piperidine rings is 1. The topological polar surface area (TPSA) is 49.0 Å². The number of amides is 1. The van der Waals surface area contributed by atoms with Gasteiger partial charge < -0.3 is 9.88 Å². The molecular formula is C23H21N3OS. The van der Waals surface area contributed by atoms with E-state index < -0.39 is 0 Å². The number of nitrogens with one attached hydrogen (secondary N) is 1. The van der Waals surface area contributed by atoms with Gasteiger partial charge in [-0.3, -0.25) is 4.79 Å². The summed E-state index contributed by atoms with van der Waals surface area (Å²) in [6.07, 6.45) is 1.89. The number of likely N-dealkylation sites (tertiary alicyclic amines) is 1. The van der Waals surface area contributed by atoms with Crippen LogP contribution in [0.2, 0.25) is 0 Å². The first-order valence-corrected chi connectivity index (χ1v) is 10.5. The van der Waals surface area contributed by atoms with Crippen molar-refractivity contribution in [3.63, 3.8) is 0 Å². The van der Waals surface area contributed by atoms with Gasteiger partial charge in [-0.1, -0.05) is 30.3 Å². The van der Waals surface area contributed by atoms with Crippen LogP contribution in [0, 0.1) is 0 Å². The number of benzene rings is 2. The third kappa shape index (κ3) is 3.22. The van der Waals surface area contributed by atoms with Crippen molar-refractivity contribution in [2.45, 2.75) is 18.8 Å². The van der Waals surface area contributed by atoms with E-state index in [-0.39, 0.29) is 5.91 Å². The lowest BCUT2D eigenvalue weighted by atomic mass is 9.95. The average molecular weight is 388 g/mol. The number of carbonyl (C=O) groups is 1. The Bertz CT molecular complexity index is 1060. The van der Waals surface area contributed by atoms with E-state index in [9.17, 15) is 4.79 Å². The molecule has 1 saturated heterocycles. The fourth-order valence-corrected chi connectivity index (χ4v) is 4.66. The molecule has 1 amide bonds. The maximum absolute atomic E-state index is 12.9. The van der Waals surface area contributed by atoms with E-state index in [0.29, 0.717) is 5.92 Å². The number of H-pyrrole nitrogens is 1. The Labute approximate surface area is 167 Å². The molecule has 1 aliphatic rings. The van der Waals surface area contributed by atoms with Crippen LogP contribution in [0.1, 0.15) is 34.9 Å². The molecule has 0 saturated carbocycles. The van der Waals surface area contributed by atoms with Gasteiger partial charge in [0.1, 0.15) is 5.82 Å². The highest BCUT2D eigenvalue weighted by Crippen LogP contribution is 2.29. The third-order valence-corrected chi connectivity index (χ3v) is 6.43. The molecule has 3 heterocycles. The molecule has 140 valence electrons. The third-order valence-electron chi connectivity index (χ3n) is 5.51. The van der Waals surface area contributed by atoms with Crippen molar-refractivity contribution in [3.05, 3.63) is 77.4 Å². The molecule has 4 nitrogen and oxygen atoms in total. The zero-order valence-electron chi connectivity index (χ0n) is 15.5. The largest absolute Gasteiger partial charge is 0.342 e. The maximum atomic E-state index is 12.9. The monoisotopic (exact) mass is 387 g/mol. The zero-order chi connectivity index (χ0) is 18.9. The first-order valence-electron chi connectivity index (χ1n) is 9.66. The molecular weight excluding hydrogens is 366 g/mol. The van der Waals surface area contributed by atoms with Crippen LogP contribution in [0.15, 0.2) is 66.0 Å². The van der Waals surface area contributed by atoms with Crippen LogP contribution < -0.4 is 0 Å². The number of hydrogen-bond acceptors (Lipinski definition) is 3. The molecule has 5 rings (SSSR count). The predicted octanol–water partition coefficient (Wildman–Crippen LogP) is 5.31. The average Bonchev–Trinajstić information content (AvgIpc) is 3.43. The van der Waals surface area contributed by atoms with Crippen molar-refractivity contribution in [1.82, 2.24) is 14.9 Å². The van der Waals surface area contributed by atoms with Gasteiger partial charge in [-0.15, -0.1) is 11.3 Å². The quantitative estimate of drug-likeness (QED) is 0.518. The molecule has 0 aliphatic carbocycles. The van der Waals surface area contributed by atoms with Gasteiger partial charge in [0.25, 0.3) is 5.91 Å². The number of aromatic amines is 1. The van der Waals surface area contributed by atoms with Crippen LogP contribution in [0.3, 0.4) is 0 Å². The van der Waals surface area contributed by atoms with Crippen LogP contribution in [0.4, 0.5) is 0 Å². The fraction of sp³-hybridized carbons (Fsp3) is 0.217. The highest BCUT2D eigenvalue weighted by atomic mass is 32.1. The van der Waals surface area contributed by atoms with Crippen molar-refractivity contribution in [2.24, 2.45) is 0 Å². The smallest absolute Gasteiger partial charge is 0.253 e. The number of thiophene rings is 1. The van der Waals surface area contributed by atoms with Gasteiger partial charge in [0.05, 0.1) is 11.0 Å². The summed E-state index contributed by atoms with van der Waals surface area (Å²) < 4.78 is 0. The van der Waals surface area contributed by atoms with E-state index in [4.69, 9.17) is 4.98 Å². The van der Waals surface area contributed by atoms with Crippen LogP contribution in [-0.4, -0.2) is 33.9 Å². The highest BCUT2D eigenvalue weighted by Gasteiger charge is 2.26. The van der Waals surface area contributed by atoms with E-state index in [1.807, 2.05) is 53.4 Å². The van der Waals surface area contributed by atoms with Crippen LogP contribution in [-0.2, 0) is 0 Å². The van der Waals surface area contributed by atoms with E-state index >= 15 is 0 Å². The minimum Gasteiger partial charge on any atom is -0.342 e. The molecule has 1 N–H and O–H groups in total. The van der Waals surface area contributed by atoms with Crippen LogP contribution in [0.25, 0.3) is 21.5 Å². The lowest BCUT2D eigenvalue weighted by Gasteiger charge is -2.31. The summed E-state index contributed by atoms with van der Waals surface area (Å²) in [7, 11) is 0. The molecule has 1 fully saturated rings. The lowest BCUT2D eigenvalue weighted by molar-refractivity contribution is 0.0711. The molecule has 0 bridgehead atoms. The van der Waals surface area contributed by atoms with Crippen molar-refractivity contribution >= 4 is 28.3 Å². The Morgan fingerprint density at radius 1 is 1.00 bits per heavy atom. The van der Waals surface area contributed by atoms with Gasteiger partial charge in [-0.05, 0) is 54.1 Å². The molecule has 1 aliphatic heterocycles. The number of para-hydroxylation sites is 2. The Balaban J connectivity index is 1.25. The predicted molar refractivity (Wildman–Crippen MR) is 114 cm³/mol.